The van der Waals surface area contributed by atoms with Crippen LogP contribution in [0.1, 0.15) is 17.8 Å². The number of nitrogens with one attached hydrogen (secondary N) is 1. The quantitative estimate of drug-likeness (QED) is 0.586. The Labute approximate surface area is 69.6 Å². The number of carboxylic acid groups (broad SMARTS) is 1. The van der Waals surface area contributed by atoms with Gasteiger partial charge in [-0.2, -0.15) is 5.10 Å². The molecule has 1 aromatic heterocycles. The van der Waals surface area contributed by atoms with Gasteiger partial charge in [-0.05, 0) is 6.07 Å². The summed E-state index contributed by atoms with van der Waals surface area (Å²) in [4.78, 5) is 10.2. The van der Waals surface area contributed by atoms with Crippen molar-refractivity contribution in [3.63, 3.8) is 0 Å². The summed E-state index contributed by atoms with van der Waals surface area (Å²) in [6.07, 6.45) is 0.556. The molecule has 0 aromatic carbocycles. The van der Waals surface area contributed by atoms with Crippen LogP contribution in [-0.2, 0) is 17.8 Å². The Morgan fingerprint density at radius 2 is 2.50 bits per heavy atom. The van der Waals surface area contributed by atoms with Gasteiger partial charge in [-0.25, -0.2) is 0 Å². The maximum Gasteiger partial charge on any atom is 0.303 e. The molecule has 0 spiro atoms. The number of H-pyrrole nitrogens is 1. The molecule has 1 heterocycles. The third-order valence-corrected chi connectivity index (χ3v) is 1.50. The maximum absolute atomic E-state index is 10.2. The van der Waals surface area contributed by atoms with Crippen molar-refractivity contribution in [1.82, 2.24) is 10.2 Å². The van der Waals surface area contributed by atoms with Crippen LogP contribution in [0.3, 0.4) is 0 Å². The van der Waals surface area contributed by atoms with Crippen LogP contribution >= 0.6 is 0 Å². The first-order chi connectivity index (χ1) is 5.72. The summed E-state index contributed by atoms with van der Waals surface area (Å²) >= 11 is 0. The standard InChI is InChI=1S/C7H11N3O2/c8-4-6-3-5(9-10-6)1-2-7(11)12/h3H,1-2,4,8H2,(H,9,10)(H,11,12). The van der Waals surface area contributed by atoms with Gasteiger partial charge in [-0.1, -0.05) is 0 Å². The van der Waals surface area contributed by atoms with E-state index >= 15 is 0 Å². The molecule has 5 heteroatoms. The van der Waals surface area contributed by atoms with E-state index in [9.17, 15) is 4.79 Å². The molecule has 0 unspecified atom stereocenters. The smallest absolute Gasteiger partial charge is 0.303 e. The zero-order valence-corrected chi connectivity index (χ0v) is 6.58. The van der Waals surface area contributed by atoms with Gasteiger partial charge in [0.15, 0.2) is 0 Å². The highest BCUT2D eigenvalue weighted by Crippen LogP contribution is 2.01. The number of aliphatic carboxylic acids is 1. The predicted octanol–water partition coefficient (Wildman–Crippen LogP) is -0.114. The van der Waals surface area contributed by atoms with Crippen LogP contribution in [0.4, 0.5) is 0 Å². The molecule has 0 saturated heterocycles. The van der Waals surface area contributed by atoms with Crippen molar-refractivity contribution in [2.45, 2.75) is 19.4 Å². The van der Waals surface area contributed by atoms with Crippen LogP contribution in [-0.4, -0.2) is 21.3 Å². The molecule has 0 fully saturated rings. The molecular weight excluding hydrogens is 158 g/mol. The van der Waals surface area contributed by atoms with Gasteiger partial charge in [-0.15, -0.1) is 0 Å². The van der Waals surface area contributed by atoms with Gasteiger partial charge in [0.2, 0.25) is 0 Å². The molecule has 0 aliphatic heterocycles. The lowest BCUT2D eigenvalue weighted by atomic mass is 10.2. The van der Waals surface area contributed by atoms with Gasteiger partial charge in [-0.3, -0.25) is 9.89 Å². The van der Waals surface area contributed by atoms with Crippen molar-refractivity contribution >= 4 is 5.97 Å². The van der Waals surface area contributed by atoms with E-state index in [1.165, 1.54) is 0 Å². The van der Waals surface area contributed by atoms with Gasteiger partial charge in [0, 0.05) is 18.7 Å². The molecule has 5 nitrogen and oxygen atoms in total. The molecule has 1 aromatic rings. The number of carbonyl (C=O) groups is 1. The fourth-order valence-corrected chi connectivity index (χ4v) is 0.877. The van der Waals surface area contributed by atoms with Crippen molar-refractivity contribution in [2.24, 2.45) is 5.73 Å². The van der Waals surface area contributed by atoms with E-state index in [-0.39, 0.29) is 6.42 Å². The molecule has 0 aliphatic rings. The number of aryl methyl sites for hydroxylation is 1. The molecule has 0 atom stereocenters. The summed E-state index contributed by atoms with van der Waals surface area (Å²) < 4.78 is 0. The summed E-state index contributed by atoms with van der Waals surface area (Å²) in [6.45, 7) is 0.403. The average molecular weight is 169 g/mol. The Bertz CT molecular complexity index is 269. The van der Waals surface area contributed by atoms with E-state index in [0.717, 1.165) is 11.4 Å². The Balaban J connectivity index is 2.47. The zero-order valence-electron chi connectivity index (χ0n) is 6.58. The Morgan fingerprint density at radius 1 is 1.75 bits per heavy atom. The maximum atomic E-state index is 10.2. The molecule has 0 aliphatic carbocycles. The van der Waals surface area contributed by atoms with Crippen LogP contribution in [0.25, 0.3) is 0 Å². The van der Waals surface area contributed by atoms with Gasteiger partial charge in [0.05, 0.1) is 12.1 Å². The van der Waals surface area contributed by atoms with E-state index in [4.69, 9.17) is 10.8 Å². The molecular formula is C7H11N3O2. The second kappa shape index (κ2) is 3.87. The van der Waals surface area contributed by atoms with E-state index < -0.39 is 5.97 Å². The highest BCUT2D eigenvalue weighted by Gasteiger charge is 2.02. The van der Waals surface area contributed by atoms with Crippen LogP contribution in [0.15, 0.2) is 6.07 Å². The minimum absolute atomic E-state index is 0.106. The summed E-state index contributed by atoms with van der Waals surface area (Å²) in [5, 5.41) is 15.0. The molecule has 12 heavy (non-hydrogen) atoms. The summed E-state index contributed by atoms with van der Waals surface area (Å²) in [6, 6.07) is 1.78. The fraction of sp³-hybridized carbons (Fsp3) is 0.429. The number of carboxylic acids is 1. The molecule has 1 rings (SSSR count). The summed E-state index contributed by atoms with van der Waals surface area (Å²) in [7, 11) is 0. The second-order valence-corrected chi connectivity index (χ2v) is 2.48. The van der Waals surface area contributed by atoms with Gasteiger partial charge >= 0.3 is 5.97 Å². The lowest BCUT2D eigenvalue weighted by molar-refractivity contribution is -0.136. The second-order valence-electron chi connectivity index (χ2n) is 2.48. The minimum atomic E-state index is -0.813. The third kappa shape index (κ3) is 2.35. The number of hydrogen-bond donors (Lipinski definition) is 3. The summed E-state index contributed by atoms with van der Waals surface area (Å²) in [5.41, 5.74) is 6.91. The van der Waals surface area contributed by atoms with Crippen LogP contribution in [0.2, 0.25) is 0 Å². The lowest BCUT2D eigenvalue weighted by Gasteiger charge is -1.88. The molecule has 0 amide bonds. The Hall–Kier alpha value is -1.36. The van der Waals surface area contributed by atoms with E-state index in [0.29, 0.717) is 13.0 Å². The fourth-order valence-electron chi connectivity index (χ4n) is 0.877. The summed E-state index contributed by atoms with van der Waals surface area (Å²) in [5.74, 6) is -0.813. The average Bonchev–Trinajstić information content (AvgIpc) is 2.48. The lowest BCUT2D eigenvalue weighted by Crippen LogP contribution is -1.97. The van der Waals surface area contributed by atoms with Crippen molar-refractivity contribution in [2.75, 3.05) is 0 Å². The van der Waals surface area contributed by atoms with Crippen molar-refractivity contribution in [3.8, 4) is 0 Å². The van der Waals surface area contributed by atoms with Gasteiger partial charge in [0.25, 0.3) is 0 Å². The van der Waals surface area contributed by atoms with Gasteiger partial charge < -0.3 is 10.8 Å². The zero-order chi connectivity index (χ0) is 8.97. The highest BCUT2D eigenvalue weighted by atomic mass is 16.4. The largest absolute Gasteiger partial charge is 0.481 e. The number of nitrogens with two attached hydrogens (primary N) is 1. The van der Waals surface area contributed by atoms with E-state index in [2.05, 4.69) is 10.2 Å². The number of nitrogens with zero attached hydrogens (tertiary/aromatic N) is 1. The Morgan fingerprint density at radius 3 is 3.00 bits per heavy atom. The van der Waals surface area contributed by atoms with Gasteiger partial charge in [0.1, 0.15) is 0 Å². The first-order valence-corrected chi connectivity index (χ1v) is 3.67. The SMILES string of the molecule is NCc1cc(CCC(=O)O)n[nH]1. The highest BCUT2D eigenvalue weighted by molar-refractivity contribution is 5.66. The number of aromatic amines is 1. The minimum Gasteiger partial charge on any atom is -0.481 e. The molecule has 0 saturated carbocycles. The van der Waals surface area contributed by atoms with Crippen molar-refractivity contribution in [3.05, 3.63) is 17.5 Å². The first-order valence-electron chi connectivity index (χ1n) is 3.67. The number of hydrogen-bond acceptors (Lipinski definition) is 3. The third-order valence-electron chi connectivity index (χ3n) is 1.50. The number of aromatic nitrogens is 2. The topological polar surface area (TPSA) is 92.0 Å². The number of rotatable bonds is 4. The van der Waals surface area contributed by atoms with Crippen LogP contribution in [0, 0.1) is 0 Å². The molecule has 4 N–H and O–H groups in total. The van der Waals surface area contributed by atoms with E-state index in [1.54, 1.807) is 6.07 Å². The molecule has 66 valence electrons. The molecule has 0 radical (unpaired) electrons. The Kier molecular flexibility index (Phi) is 2.82. The van der Waals surface area contributed by atoms with Crippen molar-refractivity contribution in [1.29, 1.82) is 0 Å². The van der Waals surface area contributed by atoms with Crippen molar-refractivity contribution < 1.29 is 9.90 Å². The van der Waals surface area contributed by atoms with Crippen LogP contribution in [0.5, 0.6) is 0 Å². The monoisotopic (exact) mass is 169 g/mol. The molecule has 0 bridgehead atoms. The van der Waals surface area contributed by atoms with E-state index in [1.807, 2.05) is 0 Å². The first kappa shape index (κ1) is 8.73. The predicted molar refractivity (Wildman–Crippen MR) is 42.4 cm³/mol. The normalized spacial score (nSPS) is 10.1. The van der Waals surface area contributed by atoms with Crippen LogP contribution < -0.4 is 5.73 Å².